The maximum absolute atomic E-state index is 11.9. The van der Waals surface area contributed by atoms with Gasteiger partial charge in [0.2, 0.25) is 15.9 Å². The second-order valence-corrected chi connectivity index (χ2v) is 7.83. The van der Waals surface area contributed by atoms with Gasteiger partial charge in [-0.1, -0.05) is 12.1 Å². The molecule has 128 valence electrons. The van der Waals surface area contributed by atoms with Crippen LogP contribution in [0.15, 0.2) is 24.3 Å². The topological polar surface area (TPSA) is 87.3 Å². The first-order valence-corrected chi connectivity index (χ1v) is 9.86. The zero-order valence-corrected chi connectivity index (χ0v) is 14.3. The van der Waals surface area contributed by atoms with E-state index in [0.29, 0.717) is 24.6 Å². The number of rotatable bonds is 7. The molecule has 1 aliphatic heterocycles. The molecular weight excluding hydrogens is 314 g/mol. The molecule has 23 heavy (non-hydrogen) atoms. The fourth-order valence-corrected chi connectivity index (χ4v) is 3.31. The molecule has 7 heteroatoms. The van der Waals surface area contributed by atoms with Crippen molar-refractivity contribution in [3.05, 3.63) is 29.8 Å². The van der Waals surface area contributed by atoms with Crippen molar-refractivity contribution in [2.45, 2.75) is 32.2 Å². The summed E-state index contributed by atoms with van der Waals surface area (Å²) >= 11 is 0. The third-order valence-corrected chi connectivity index (χ3v) is 4.56. The van der Waals surface area contributed by atoms with E-state index in [-0.39, 0.29) is 5.91 Å². The number of hydrogen-bond donors (Lipinski definition) is 3. The molecule has 0 aromatic heterocycles. The standard InChI is InChI=1S/C16H25N3O3S/c1-23(21,22)19-15-4-2-3-14(11-15)12-18-16(20)6-5-13-7-9-17-10-8-13/h2-4,11,13,17,19H,5-10,12H2,1H3,(H,18,20). The van der Waals surface area contributed by atoms with E-state index in [1.165, 1.54) is 0 Å². The second-order valence-electron chi connectivity index (χ2n) is 6.08. The van der Waals surface area contributed by atoms with Crippen LogP contribution < -0.4 is 15.4 Å². The smallest absolute Gasteiger partial charge is 0.229 e. The molecule has 0 radical (unpaired) electrons. The summed E-state index contributed by atoms with van der Waals surface area (Å²) in [4.78, 5) is 11.9. The summed E-state index contributed by atoms with van der Waals surface area (Å²) in [6, 6.07) is 7.04. The number of piperidine rings is 1. The first kappa shape index (κ1) is 17.7. The first-order chi connectivity index (χ1) is 10.9. The minimum absolute atomic E-state index is 0.0463. The van der Waals surface area contributed by atoms with Crippen LogP contribution in [-0.2, 0) is 21.4 Å². The van der Waals surface area contributed by atoms with Gasteiger partial charge in [-0.15, -0.1) is 0 Å². The minimum Gasteiger partial charge on any atom is -0.352 e. The molecule has 1 aliphatic rings. The van der Waals surface area contributed by atoms with Gasteiger partial charge in [0.25, 0.3) is 0 Å². The molecule has 1 fully saturated rings. The van der Waals surface area contributed by atoms with Crippen molar-refractivity contribution in [3.63, 3.8) is 0 Å². The lowest BCUT2D eigenvalue weighted by Gasteiger charge is -2.22. The van der Waals surface area contributed by atoms with Gasteiger partial charge in [0.15, 0.2) is 0 Å². The number of carbonyl (C=O) groups is 1. The number of amides is 1. The largest absolute Gasteiger partial charge is 0.352 e. The van der Waals surface area contributed by atoms with E-state index in [4.69, 9.17) is 0 Å². The molecule has 0 bridgehead atoms. The Morgan fingerprint density at radius 3 is 2.74 bits per heavy atom. The quantitative estimate of drug-likeness (QED) is 0.702. The van der Waals surface area contributed by atoms with E-state index < -0.39 is 10.0 Å². The fraction of sp³-hybridized carbons (Fsp3) is 0.562. The van der Waals surface area contributed by atoms with Crippen molar-refractivity contribution in [1.29, 1.82) is 0 Å². The predicted molar refractivity (Wildman–Crippen MR) is 91.6 cm³/mol. The molecule has 0 aliphatic carbocycles. The number of nitrogens with one attached hydrogen (secondary N) is 3. The van der Waals surface area contributed by atoms with Crippen LogP contribution in [-0.4, -0.2) is 33.7 Å². The maximum Gasteiger partial charge on any atom is 0.229 e. The Bertz CT molecular complexity index is 625. The van der Waals surface area contributed by atoms with E-state index in [9.17, 15) is 13.2 Å². The van der Waals surface area contributed by atoms with Gasteiger partial charge in [0.1, 0.15) is 0 Å². The van der Waals surface area contributed by atoms with Crippen LogP contribution in [0.1, 0.15) is 31.2 Å². The summed E-state index contributed by atoms with van der Waals surface area (Å²) in [7, 11) is -3.29. The predicted octanol–water partition coefficient (Wildman–Crippen LogP) is 1.45. The van der Waals surface area contributed by atoms with Crippen molar-refractivity contribution in [3.8, 4) is 0 Å². The second kappa shape index (κ2) is 8.31. The molecule has 0 unspecified atom stereocenters. The molecule has 1 heterocycles. The van der Waals surface area contributed by atoms with Crippen LogP contribution in [0.25, 0.3) is 0 Å². The molecule has 1 amide bonds. The van der Waals surface area contributed by atoms with Gasteiger partial charge < -0.3 is 10.6 Å². The van der Waals surface area contributed by atoms with Crippen LogP contribution >= 0.6 is 0 Å². The Morgan fingerprint density at radius 2 is 2.04 bits per heavy atom. The SMILES string of the molecule is CS(=O)(=O)Nc1cccc(CNC(=O)CCC2CCNCC2)c1. The van der Waals surface area contributed by atoms with E-state index in [0.717, 1.165) is 44.2 Å². The Labute approximate surface area is 138 Å². The highest BCUT2D eigenvalue weighted by atomic mass is 32.2. The summed E-state index contributed by atoms with van der Waals surface area (Å²) in [5, 5.41) is 6.22. The van der Waals surface area contributed by atoms with Gasteiger partial charge in [-0.2, -0.15) is 0 Å². The lowest BCUT2D eigenvalue weighted by atomic mass is 9.93. The monoisotopic (exact) mass is 339 g/mol. The molecule has 0 atom stereocenters. The maximum atomic E-state index is 11.9. The molecule has 1 aromatic carbocycles. The van der Waals surface area contributed by atoms with Crippen LogP contribution in [0.2, 0.25) is 0 Å². The average molecular weight is 339 g/mol. The lowest BCUT2D eigenvalue weighted by molar-refractivity contribution is -0.121. The summed E-state index contributed by atoms with van der Waals surface area (Å²) in [6.07, 6.45) is 4.89. The Morgan fingerprint density at radius 1 is 1.30 bits per heavy atom. The molecule has 1 saturated heterocycles. The van der Waals surface area contributed by atoms with Crippen molar-refractivity contribution in [1.82, 2.24) is 10.6 Å². The molecule has 1 aromatic rings. The highest BCUT2D eigenvalue weighted by Crippen LogP contribution is 2.17. The average Bonchev–Trinajstić information content (AvgIpc) is 2.51. The number of sulfonamides is 1. The number of carbonyl (C=O) groups excluding carboxylic acids is 1. The van der Waals surface area contributed by atoms with E-state index in [2.05, 4.69) is 15.4 Å². The minimum atomic E-state index is -3.29. The van der Waals surface area contributed by atoms with Crippen LogP contribution in [0.5, 0.6) is 0 Å². The molecular formula is C16H25N3O3S. The third kappa shape index (κ3) is 7.00. The Kier molecular flexibility index (Phi) is 6.41. The lowest BCUT2D eigenvalue weighted by Crippen LogP contribution is -2.29. The number of hydrogen-bond acceptors (Lipinski definition) is 4. The summed E-state index contributed by atoms with van der Waals surface area (Å²) in [5.74, 6) is 0.689. The first-order valence-electron chi connectivity index (χ1n) is 7.96. The summed E-state index contributed by atoms with van der Waals surface area (Å²) < 4.78 is 24.9. The molecule has 6 nitrogen and oxygen atoms in total. The van der Waals surface area contributed by atoms with Gasteiger partial charge in [0.05, 0.1) is 6.26 Å². The van der Waals surface area contributed by atoms with Crippen molar-refractivity contribution in [2.75, 3.05) is 24.1 Å². The molecule has 0 saturated carbocycles. The van der Waals surface area contributed by atoms with E-state index >= 15 is 0 Å². The van der Waals surface area contributed by atoms with Gasteiger partial charge in [-0.3, -0.25) is 9.52 Å². The summed E-state index contributed by atoms with van der Waals surface area (Å²) in [5.41, 5.74) is 1.38. The number of benzene rings is 1. The summed E-state index contributed by atoms with van der Waals surface area (Å²) in [6.45, 7) is 2.50. The Hall–Kier alpha value is -1.60. The van der Waals surface area contributed by atoms with Crippen molar-refractivity contribution >= 4 is 21.6 Å². The van der Waals surface area contributed by atoms with Crippen LogP contribution in [0.3, 0.4) is 0 Å². The van der Waals surface area contributed by atoms with Gasteiger partial charge in [-0.05, 0) is 56.0 Å². The van der Waals surface area contributed by atoms with Crippen LogP contribution in [0, 0.1) is 5.92 Å². The Balaban J connectivity index is 1.76. The van der Waals surface area contributed by atoms with Crippen molar-refractivity contribution < 1.29 is 13.2 Å². The van der Waals surface area contributed by atoms with Gasteiger partial charge in [0, 0.05) is 18.7 Å². The van der Waals surface area contributed by atoms with Crippen molar-refractivity contribution in [2.24, 2.45) is 5.92 Å². The fourth-order valence-electron chi connectivity index (χ4n) is 2.75. The zero-order valence-electron chi connectivity index (χ0n) is 13.5. The molecule has 3 N–H and O–H groups in total. The zero-order chi connectivity index (χ0) is 16.7. The highest BCUT2D eigenvalue weighted by molar-refractivity contribution is 7.92. The highest BCUT2D eigenvalue weighted by Gasteiger charge is 2.14. The van der Waals surface area contributed by atoms with Gasteiger partial charge in [-0.25, -0.2) is 8.42 Å². The third-order valence-electron chi connectivity index (χ3n) is 3.96. The van der Waals surface area contributed by atoms with Crippen LogP contribution in [0.4, 0.5) is 5.69 Å². The van der Waals surface area contributed by atoms with E-state index in [1.54, 1.807) is 18.2 Å². The number of anilines is 1. The van der Waals surface area contributed by atoms with E-state index in [1.807, 2.05) is 6.07 Å². The normalized spacial score (nSPS) is 16.0. The molecule has 2 rings (SSSR count). The molecule has 0 spiro atoms. The van der Waals surface area contributed by atoms with Gasteiger partial charge >= 0.3 is 0 Å².